The number of fused-ring (bicyclic) bond motifs is 1. The molecule has 6 nitrogen and oxygen atoms in total. The van der Waals surface area contributed by atoms with Gasteiger partial charge in [-0.2, -0.15) is 0 Å². The van der Waals surface area contributed by atoms with Crippen LogP contribution >= 0.6 is 0 Å². The number of hydrogen-bond acceptors (Lipinski definition) is 5. The van der Waals surface area contributed by atoms with Crippen LogP contribution in [0.15, 0.2) is 66.7 Å². The molecule has 0 bridgehead atoms. The number of carboxylic acid groups (broad SMARTS) is 1. The molecule has 38 heavy (non-hydrogen) atoms. The predicted molar refractivity (Wildman–Crippen MR) is 152 cm³/mol. The first-order valence-electron chi connectivity index (χ1n) is 14.1. The van der Waals surface area contributed by atoms with E-state index >= 15 is 0 Å². The number of likely N-dealkylation sites (tertiary alicyclic amines) is 1. The number of aromatic nitrogens is 1. The highest BCUT2D eigenvalue weighted by atomic mass is 16.5. The Hall–Kier alpha value is -3.22. The number of carbonyl (C=O) groups is 1. The molecule has 2 atom stereocenters. The van der Waals surface area contributed by atoms with Crippen LogP contribution in [0.5, 0.6) is 0 Å². The van der Waals surface area contributed by atoms with Gasteiger partial charge in [0.25, 0.3) is 0 Å². The van der Waals surface area contributed by atoms with Gasteiger partial charge in [-0.15, -0.1) is 0 Å². The van der Waals surface area contributed by atoms with E-state index in [1.165, 1.54) is 17.7 Å². The van der Waals surface area contributed by atoms with Gasteiger partial charge < -0.3 is 20.1 Å². The minimum Gasteiger partial charge on any atom is -0.481 e. The molecule has 0 spiro atoms. The molecule has 2 aromatic carbocycles. The van der Waals surface area contributed by atoms with Crippen molar-refractivity contribution in [3.05, 3.63) is 83.6 Å². The number of piperidine rings is 1. The van der Waals surface area contributed by atoms with E-state index in [-0.39, 0.29) is 6.10 Å². The summed E-state index contributed by atoms with van der Waals surface area (Å²) in [5.74, 6) is -0.293. The van der Waals surface area contributed by atoms with Crippen LogP contribution in [-0.4, -0.2) is 59.8 Å². The van der Waals surface area contributed by atoms with Gasteiger partial charge in [0.1, 0.15) is 5.82 Å². The second-order valence-corrected chi connectivity index (χ2v) is 10.6. The number of benzene rings is 2. The topological polar surface area (TPSA) is 74.7 Å². The van der Waals surface area contributed by atoms with Crippen LogP contribution in [0.25, 0.3) is 11.1 Å². The average molecular weight is 514 g/mol. The lowest BCUT2D eigenvalue weighted by Gasteiger charge is -2.32. The van der Waals surface area contributed by atoms with Crippen LogP contribution in [0, 0.1) is 0 Å². The predicted octanol–water partition coefficient (Wildman–Crippen LogP) is 5.78. The van der Waals surface area contributed by atoms with Crippen molar-refractivity contribution >= 4 is 11.8 Å². The summed E-state index contributed by atoms with van der Waals surface area (Å²) >= 11 is 0. The monoisotopic (exact) mass is 513 g/mol. The molecule has 6 heteroatoms. The molecule has 2 aliphatic rings. The fourth-order valence-electron chi connectivity index (χ4n) is 5.69. The zero-order valence-electron chi connectivity index (χ0n) is 22.1. The van der Waals surface area contributed by atoms with Gasteiger partial charge in [0, 0.05) is 25.4 Å². The van der Waals surface area contributed by atoms with Crippen molar-refractivity contribution in [2.75, 3.05) is 38.1 Å². The van der Waals surface area contributed by atoms with E-state index in [9.17, 15) is 9.90 Å². The third-order valence-corrected chi connectivity index (χ3v) is 7.78. The maximum Gasteiger partial charge on any atom is 0.311 e. The first kappa shape index (κ1) is 26.4. The van der Waals surface area contributed by atoms with Gasteiger partial charge in [-0.3, -0.25) is 4.79 Å². The second kappa shape index (κ2) is 13.0. The molecule has 3 aromatic rings. The molecule has 0 aliphatic carbocycles. The minimum absolute atomic E-state index is 0.167. The Bertz CT molecular complexity index is 1200. The van der Waals surface area contributed by atoms with Crippen LogP contribution in [0.3, 0.4) is 0 Å². The van der Waals surface area contributed by atoms with E-state index in [0.29, 0.717) is 13.0 Å². The molecule has 2 aliphatic heterocycles. The smallest absolute Gasteiger partial charge is 0.311 e. The van der Waals surface area contributed by atoms with E-state index in [1.807, 2.05) is 54.6 Å². The van der Waals surface area contributed by atoms with Gasteiger partial charge in [0.05, 0.1) is 12.0 Å². The number of pyridine rings is 1. The molecule has 0 saturated carbocycles. The first-order valence-corrected chi connectivity index (χ1v) is 14.1. The SMILES string of the molecule is O=C(O)[C@@H](CCO[C@@H]1CCCN(CCCc2ccc3c(n2)NCCC3)C1)c1cccc(-c2ccccc2)c1. The minimum atomic E-state index is -0.796. The third kappa shape index (κ3) is 7.00. The lowest BCUT2D eigenvalue weighted by atomic mass is 9.93. The van der Waals surface area contributed by atoms with Crippen LogP contribution in [0.2, 0.25) is 0 Å². The Morgan fingerprint density at radius 3 is 2.82 bits per heavy atom. The highest BCUT2D eigenvalue weighted by Crippen LogP contribution is 2.27. The van der Waals surface area contributed by atoms with E-state index in [4.69, 9.17) is 9.72 Å². The van der Waals surface area contributed by atoms with Crippen molar-refractivity contribution < 1.29 is 14.6 Å². The zero-order valence-corrected chi connectivity index (χ0v) is 22.1. The largest absolute Gasteiger partial charge is 0.481 e. The Balaban J connectivity index is 1.08. The van der Waals surface area contributed by atoms with Crippen molar-refractivity contribution in [3.8, 4) is 11.1 Å². The molecule has 0 unspecified atom stereocenters. The van der Waals surface area contributed by atoms with Gasteiger partial charge in [-0.05, 0) is 86.4 Å². The van der Waals surface area contributed by atoms with E-state index < -0.39 is 11.9 Å². The molecule has 5 rings (SSSR count). The zero-order chi connectivity index (χ0) is 26.2. The summed E-state index contributed by atoms with van der Waals surface area (Å²) in [6.45, 7) is 4.53. The van der Waals surface area contributed by atoms with Crippen molar-refractivity contribution in [2.24, 2.45) is 0 Å². The summed E-state index contributed by atoms with van der Waals surface area (Å²) in [6, 6.07) is 22.4. The summed E-state index contributed by atoms with van der Waals surface area (Å²) < 4.78 is 6.23. The summed E-state index contributed by atoms with van der Waals surface area (Å²) in [6.07, 6.45) is 7.17. The lowest BCUT2D eigenvalue weighted by molar-refractivity contribution is -0.139. The normalized spacial score (nSPS) is 18.4. The quantitative estimate of drug-likeness (QED) is 0.339. The molecule has 2 N–H and O–H groups in total. The molecule has 200 valence electrons. The number of hydrogen-bond donors (Lipinski definition) is 2. The number of ether oxygens (including phenoxy) is 1. The molecular weight excluding hydrogens is 474 g/mol. The molecular formula is C32H39N3O3. The summed E-state index contributed by atoms with van der Waals surface area (Å²) in [5.41, 5.74) is 5.47. The van der Waals surface area contributed by atoms with E-state index in [0.717, 1.165) is 80.8 Å². The van der Waals surface area contributed by atoms with Gasteiger partial charge in [0.2, 0.25) is 0 Å². The van der Waals surface area contributed by atoms with Crippen molar-refractivity contribution in [1.29, 1.82) is 0 Å². The van der Waals surface area contributed by atoms with Gasteiger partial charge in [0.15, 0.2) is 0 Å². The van der Waals surface area contributed by atoms with Crippen LogP contribution < -0.4 is 5.32 Å². The maximum absolute atomic E-state index is 12.1. The first-order chi connectivity index (χ1) is 18.7. The number of carboxylic acids is 1. The van der Waals surface area contributed by atoms with Gasteiger partial charge in [-0.25, -0.2) is 4.98 Å². The van der Waals surface area contributed by atoms with E-state index in [1.54, 1.807) is 0 Å². The summed E-state index contributed by atoms with van der Waals surface area (Å²) in [4.78, 5) is 19.4. The Kier molecular flexibility index (Phi) is 9.05. The average Bonchev–Trinajstić information content (AvgIpc) is 2.96. The number of nitrogens with one attached hydrogen (secondary N) is 1. The highest BCUT2D eigenvalue weighted by Gasteiger charge is 2.23. The number of anilines is 1. The Labute approximate surface area is 226 Å². The van der Waals surface area contributed by atoms with Crippen LogP contribution in [-0.2, 0) is 22.4 Å². The highest BCUT2D eigenvalue weighted by molar-refractivity contribution is 5.77. The number of aryl methyl sites for hydroxylation is 2. The fourth-order valence-corrected chi connectivity index (χ4v) is 5.69. The number of nitrogens with zero attached hydrogens (tertiary/aromatic N) is 2. The Morgan fingerprint density at radius 2 is 1.95 bits per heavy atom. The fraction of sp³-hybridized carbons (Fsp3) is 0.438. The molecule has 1 fully saturated rings. The molecule has 0 radical (unpaired) electrons. The summed E-state index contributed by atoms with van der Waals surface area (Å²) in [7, 11) is 0. The molecule has 3 heterocycles. The Morgan fingerprint density at radius 1 is 1.08 bits per heavy atom. The van der Waals surface area contributed by atoms with Gasteiger partial charge in [-0.1, -0.05) is 60.7 Å². The van der Waals surface area contributed by atoms with Gasteiger partial charge >= 0.3 is 5.97 Å². The van der Waals surface area contributed by atoms with Crippen molar-refractivity contribution in [2.45, 2.75) is 57.0 Å². The number of aliphatic carboxylic acids is 1. The van der Waals surface area contributed by atoms with Crippen molar-refractivity contribution in [1.82, 2.24) is 9.88 Å². The summed E-state index contributed by atoms with van der Waals surface area (Å²) in [5, 5.41) is 13.4. The molecule has 1 saturated heterocycles. The third-order valence-electron chi connectivity index (χ3n) is 7.78. The second-order valence-electron chi connectivity index (χ2n) is 10.6. The van der Waals surface area contributed by atoms with Crippen LogP contribution in [0.4, 0.5) is 5.82 Å². The van der Waals surface area contributed by atoms with E-state index in [2.05, 4.69) is 22.3 Å². The molecule has 0 amide bonds. The number of rotatable bonds is 11. The standard InChI is InChI=1S/C32H39N3O3/c36-32(37)30(27-11-4-10-26(22-27)24-8-2-1-3-9-24)17-21-38-29-14-7-20-35(23-29)19-6-13-28-16-15-25-12-5-18-33-31(25)34-28/h1-4,8-11,15-16,22,29-30H,5-7,12-14,17-21,23H2,(H,33,34)(H,36,37)/t29-,30+/m1/s1. The lowest BCUT2D eigenvalue weighted by Crippen LogP contribution is -2.40. The van der Waals surface area contributed by atoms with Crippen LogP contribution in [0.1, 0.15) is 54.8 Å². The van der Waals surface area contributed by atoms with Crippen molar-refractivity contribution in [3.63, 3.8) is 0 Å². The maximum atomic E-state index is 12.1. The molecule has 1 aromatic heterocycles.